The van der Waals surface area contributed by atoms with Crippen LogP contribution in [0.3, 0.4) is 0 Å². The quantitative estimate of drug-likeness (QED) is 0.816. The first-order chi connectivity index (χ1) is 9.93. The number of nitriles is 1. The zero-order valence-electron chi connectivity index (χ0n) is 12.6. The van der Waals surface area contributed by atoms with Gasteiger partial charge in [-0.1, -0.05) is 26.0 Å². The van der Waals surface area contributed by atoms with Crippen molar-refractivity contribution in [2.75, 3.05) is 5.32 Å². The number of carbonyl (C=O) groups excluding carboxylic acids is 2. The molecular weight excluding hydrogens is 268 g/mol. The van der Waals surface area contributed by atoms with Crippen LogP contribution in [0.5, 0.6) is 0 Å². The smallest absolute Gasteiger partial charge is 0.306 e. The molecule has 0 saturated carbocycles. The normalized spacial score (nSPS) is 11.6. The van der Waals surface area contributed by atoms with Crippen LogP contribution in [0.2, 0.25) is 0 Å². The summed E-state index contributed by atoms with van der Waals surface area (Å²) in [5.74, 6) is -0.431. The summed E-state index contributed by atoms with van der Waals surface area (Å²) in [6.07, 6.45) is 0.130. The topological polar surface area (TPSA) is 79.2 Å². The molecule has 0 aromatic heterocycles. The van der Waals surface area contributed by atoms with Crippen LogP contribution in [0, 0.1) is 17.2 Å². The average molecular weight is 288 g/mol. The van der Waals surface area contributed by atoms with Gasteiger partial charge in [-0.05, 0) is 31.4 Å². The van der Waals surface area contributed by atoms with Gasteiger partial charge in [-0.2, -0.15) is 5.26 Å². The van der Waals surface area contributed by atoms with E-state index in [1.54, 1.807) is 24.3 Å². The lowest BCUT2D eigenvalue weighted by Gasteiger charge is -2.14. The van der Waals surface area contributed by atoms with E-state index in [0.717, 1.165) is 6.42 Å². The zero-order valence-corrected chi connectivity index (χ0v) is 12.6. The van der Waals surface area contributed by atoms with Gasteiger partial charge in [0, 0.05) is 6.42 Å². The van der Waals surface area contributed by atoms with Gasteiger partial charge >= 0.3 is 5.97 Å². The van der Waals surface area contributed by atoms with Gasteiger partial charge in [-0.3, -0.25) is 9.59 Å². The van der Waals surface area contributed by atoms with E-state index in [4.69, 9.17) is 10.00 Å². The second kappa shape index (κ2) is 8.05. The Morgan fingerprint density at radius 2 is 1.95 bits per heavy atom. The van der Waals surface area contributed by atoms with Crippen LogP contribution >= 0.6 is 0 Å². The van der Waals surface area contributed by atoms with Crippen molar-refractivity contribution in [3.63, 3.8) is 0 Å². The van der Waals surface area contributed by atoms with E-state index >= 15 is 0 Å². The minimum Gasteiger partial charge on any atom is -0.453 e. The number of carbonyl (C=O) groups is 2. The Bertz CT molecular complexity index is 547. The molecule has 5 heteroatoms. The number of benzene rings is 1. The summed E-state index contributed by atoms with van der Waals surface area (Å²) in [6.45, 7) is 5.54. The molecule has 0 unspecified atom stereocenters. The molecule has 0 radical (unpaired) electrons. The molecule has 0 bridgehead atoms. The highest BCUT2D eigenvalue weighted by Gasteiger charge is 2.18. The van der Waals surface area contributed by atoms with Crippen molar-refractivity contribution in [2.24, 2.45) is 5.92 Å². The Hall–Kier alpha value is -2.35. The van der Waals surface area contributed by atoms with E-state index in [2.05, 4.69) is 5.32 Å². The fourth-order valence-electron chi connectivity index (χ4n) is 1.64. The fraction of sp³-hybridized carbons (Fsp3) is 0.438. The molecule has 0 spiro atoms. The second-order valence-electron chi connectivity index (χ2n) is 5.21. The molecule has 1 amide bonds. The Labute approximate surface area is 124 Å². The number of anilines is 1. The van der Waals surface area contributed by atoms with Crippen molar-refractivity contribution in [1.29, 1.82) is 5.26 Å². The number of amides is 1. The van der Waals surface area contributed by atoms with Gasteiger partial charge in [0.1, 0.15) is 6.07 Å². The number of nitrogens with one attached hydrogen (secondary N) is 1. The van der Waals surface area contributed by atoms with Gasteiger partial charge in [-0.15, -0.1) is 0 Å². The monoisotopic (exact) mass is 288 g/mol. The van der Waals surface area contributed by atoms with Crippen LogP contribution < -0.4 is 5.32 Å². The summed E-state index contributed by atoms with van der Waals surface area (Å²) in [5, 5.41) is 11.5. The molecular formula is C16H20N2O3. The minimum atomic E-state index is -0.892. The number of nitrogens with zero attached hydrogens (tertiary/aromatic N) is 1. The van der Waals surface area contributed by atoms with E-state index in [0.29, 0.717) is 23.6 Å². The number of hydrogen-bond donors (Lipinski definition) is 1. The van der Waals surface area contributed by atoms with Crippen molar-refractivity contribution in [1.82, 2.24) is 0 Å². The molecule has 1 N–H and O–H groups in total. The summed E-state index contributed by atoms with van der Waals surface area (Å²) >= 11 is 0. The summed E-state index contributed by atoms with van der Waals surface area (Å²) in [5.41, 5.74) is 0.777. The standard InChI is InChI=1S/C16H20N2O3/c1-11(2)8-9-15(19)21-12(3)16(20)18-14-7-5-4-6-13(14)10-17/h4-7,11-12H,8-9H2,1-3H3,(H,18,20)/t12-/m1/s1. The molecule has 112 valence electrons. The van der Waals surface area contributed by atoms with Gasteiger partial charge in [0.25, 0.3) is 5.91 Å². The lowest BCUT2D eigenvalue weighted by molar-refractivity contribution is -0.153. The van der Waals surface area contributed by atoms with E-state index < -0.39 is 12.0 Å². The third-order valence-electron chi connectivity index (χ3n) is 2.91. The fourth-order valence-corrected chi connectivity index (χ4v) is 1.64. The first-order valence-corrected chi connectivity index (χ1v) is 6.93. The van der Waals surface area contributed by atoms with Crippen LogP contribution in [-0.2, 0) is 14.3 Å². The predicted octanol–water partition coefficient (Wildman–Crippen LogP) is 2.86. The maximum Gasteiger partial charge on any atom is 0.306 e. The SMILES string of the molecule is CC(C)CCC(=O)O[C@H](C)C(=O)Nc1ccccc1C#N. The maximum atomic E-state index is 12.0. The van der Waals surface area contributed by atoms with Crippen LogP contribution in [0.15, 0.2) is 24.3 Å². The summed E-state index contributed by atoms with van der Waals surface area (Å²) in [4.78, 5) is 23.5. The van der Waals surface area contributed by atoms with Crippen LogP contribution in [0.4, 0.5) is 5.69 Å². The van der Waals surface area contributed by atoms with E-state index in [-0.39, 0.29) is 5.97 Å². The van der Waals surface area contributed by atoms with Crippen molar-refractivity contribution in [3.8, 4) is 6.07 Å². The maximum absolute atomic E-state index is 12.0. The van der Waals surface area contributed by atoms with Crippen molar-refractivity contribution in [2.45, 2.75) is 39.7 Å². The molecule has 1 atom stereocenters. The molecule has 0 saturated heterocycles. The largest absolute Gasteiger partial charge is 0.453 e. The molecule has 5 nitrogen and oxygen atoms in total. The highest BCUT2D eigenvalue weighted by molar-refractivity contribution is 5.96. The highest BCUT2D eigenvalue weighted by Crippen LogP contribution is 2.14. The third-order valence-corrected chi connectivity index (χ3v) is 2.91. The number of rotatable bonds is 6. The Morgan fingerprint density at radius 1 is 1.29 bits per heavy atom. The molecule has 1 aromatic rings. The average Bonchev–Trinajstić information content (AvgIpc) is 2.45. The Balaban J connectivity index is 2.55. The van der Waals surface area contributed by atoms with Gasteiger partial charge < -0.3 is 10.1 Å². The minimum absolute atomic E-state index is 0.296. The lowest BCUT2D eigenvalue weighted by atomic mass is 10.1. The van der Waals surface area contributed by atoms with Crippen molar-refractivity contribution in [3.05, 3.63) is 29.8 Å². The van der Waals surface area contributed by atoms with E-state index in [1.165, 1.54) is 6.92 Å². The second-order valence-corrected chi connectivity index (χ2v) is 5.21. The Morgan fingerprint density at radius 3 is 2.57 bits per heavy atom. The molecule has 0 fully saturated rings. The molecule has 0 heterocycles. The lowest BCUT2D eigenvalue weighted by Crippen LogP contribution is -2.30. The first-order valence-electron chi connectivity index (χ1n) is 6.93. The number of ether oxygens (including phenoxy) is 1. The van der Waals surface area contributed by atoms with Crippen LogP contribution in [0.1, 0.15) is 39.2 Å². The summed E-state index contributed by atoms with van der Waals surface area (Å²) in [7, 11) is 0. The van der Waals surface area contributed by atoms with Crippen molar-refractivity contribution >= 4 is 17.6 Å². The van der Waals surface area contributed by atoms with Gasteiger partial charge in [-0.25, -0.2) is 0 Å². The molecule has 1 aromatic carbocycles. The number of para-hydroxylation sites is 1. The third kappa shape index (κ3) is 5.65. The predicted molar refractivity (Wildman–Crippen MR) is 79.4 cm³/mol. The van der Waals surface area contributed by atoms with E-state index in [1.807, 2.05) is 19.9 Å². The molecule has 0 aliphatic heterocycles. The van der Waals surface area contributed by atoms with Gasteiger partial charge in [0.05, 0.1) is 11.3 Å². The molecule has 1 rings (SSSR count). The highest BCUT2D eigenvalue weighted by atomic mass is 16.5. The molecule has 0 aliphatic rings. The number of hydrogen-bond acceptors (Lipinski definition) is 4. The molecule has 21 heavy (non-hydrogen) atoms. The van der Waals surface area contributed by atoms with Gasteiger partial charge in [0.15, 0.2) is 6.10 Å². The Kier molecular flexibility index (Phi) is 6.41. The summed E-state index contributed by atoms with van der Waals surface area (Å²) in [6, 6.07) is 8.66. The van der Waals surface area contributed by atoms with Gasteiger partial charge in [0.2, 0.25) is 0 Å². The first kappa shape index (κ1) is 16.7. The molecule has 0 aliphatic carbocycles. The van der Waals surface area contributed by atoms with Crippen LogP contribution in [0.25, 0.3) is 0 Å². The van der Waals surface area contributed by atoms with Crippen molar-refractivity contribution < 1.29 is 14.3 Å². The zero-order chi connectivity index (χ0) is 15.8. The van der Waals surface area contributed by atoms with Crippen LogP contribution in [-0.4, -0.2) is 18.0 Å². The van der Waals surface area contributed by atoms with E-state index in [9.17, 15) is 9.59 Å². The number of esters is 1. The summed E-state index contributed by atoms with van der Waals surface area (Å²) < 4.78 is 5.07.